The van der Waals surface area contributed by atoms with E-state index in [2.05, 4.69) is 17.2 Å². The highest BCUT2D eigenvalue weighted by Crippen LogP contribution is 2.34. The molecular weight excluding hydrogens is 426 g/mol. The summed E-state index contributed by atoms with van der Waals surface area (Å²) >= 11 is 0. The van der Waals surface area contributed by atoms with Crippen molar-refractivity contribution in [3.63, 3.8) is 0 Å². The highest BCUT2D eigenvalue weighted by Gasteiger charge is 2.39. The lowest BCUT2D eigenvalue weighted by atomic mass is 10.0. The highest BCUT2D eigenvalue weighted by atomic mass is 32.2. The zero-order valence-corrected chi connectivity index (χ0v) is 19.0. The SMILES string of the molecule is CCC(C)(c1cc(=O)c(O)c(CNc2ccc(C#Cc3ccccc3)cc2)o1)S(C)(=O)=O. The van der Waals surface area contributed by atoms with Gasteiger partial charge in [0, 0.05) is 29.1 Å². The van der Waals surface area contributed by atoms with Gasteiger partial charge in [0.2, 0.25) is 11.2 Å². The number of sulfone groups is 1. The van der Waals surface area contributed by atoms with E-state index in [4.69, 9.17) is 4.42 Å². The van der Waals surface area contributed by atoms with Gasteiger partial charge in [-0.15, -0.1) is 0 Å². The minimum Gasteiger partial charge on any atom is -0.502 e. The van der Waals surface area contributed by atoms with E-state index in [1.54, 1.807) is 6.92 Å². The minimum absolute atomic E-state index is 0.00745. The molecule has 0 spiro atoms. The molecule has 0 aliphatic rings. The van der Waals surface area contributed by atoms with Crippen LogP contribution in [-0.4, -0.2) is 19.8 Å². The van der Waals surface area contributed by atoms with E-state index in [1.165, 1.54) is 6.92 Å². The first-order chi connectivity index (χ1) is 15.1. The average molecular weight is 452 g/mol. The Morgan fingerprint density at radius 1 is 1.03 bits per heavy atom. The van der Waals surface area contributed by atoms with E-state index in [1.807, 2.05) is 54.6 Å². The van der Waals surface area contributed by atoms with Crippen LogP contribution in [0.5, 0.6) is 5.75 Å². The lowest BCUT2D eigenvalue weighted by molar-refractivity contribution is 0.354. The number of aromatic hydroxyl groups is 1. The van der Waals surface area contributed by atoms with Crippen molar-refractivity contribution in [2.45, 2.75) is 31.6 Å². The van der Waals surface area contributed by atoms with Gasteiger partial charge >= 0.3 is 0 Å². The third kappa shape index (κ3) is 5.04. The summed E-state index contributed by atoms with van der Waals surface area (Å²) in [6.07, 6.45) is 1.32. The Hall–Kier alpha value is -3.50. The van der Waals surface area contributed by atoms with Gasteiger partial charge in [0.1, 0.15) is 10.5 Å². The van der Waals surface area contributed by atoms with Crippen LogP contribution in [0.1, 0.15) is 42.9 Å². The Morgan fingerprint density at radius 2 is 1.62 bits per heavy atom. The maximum atomic E-state index is 12.3. The summed E-state index contributed by atoms with van der Waals surface area (Å²) in [6.45, 7) is 3.21. The van der Waals surface area contributed by atoms with Crippen molar-refractivity contribution >= 4 is 15.5 Å². The molecule has 6 nitrogen and oxygen atoms in total. The molecule has 0 aliphatic carbocycles. The van der Waals surface area contributed by atoms with Gasteiger partial charge in [-0.05, 0) is 49.7 Å². The fraction of sp³-hybridized carbons (Fsp3) is 0.240. The maximum Gasteiger partial charge on any atom is 0.227 e. The zero-order valence-electron chi connectivity index (χ0n) is 18.2. The van der Waals surface area contributed by atoms with Crippen molar-refractivity contribution in [2.75, 3.05) is 11.6 Å². The van der Waals surface area contributed by atoms with Crippen LogP contribution in [0.2, 0.25) is 0 Å². The molecule has 0 aliphatic heterocycles. The second kappa shape index (κ2) is 9.33. The quantitative estimate of drug-likeness (QED) is 0.550. The number of hydrogen-bond acceptors (Lipinski definition) is 6. The molecule has 3 aromatic rings. The van der Waals surface area contributed by atoms with Gasteiger partial charge in [-0.2, -0.15) is 0 Å². The van der Waals surface area contributed by atoms with Crippen LogP contribution in [0.4, 0.5) is 5.69 Å². The molecule has 1 aromatic heterocycles. The first kappa shape index (κ1) is 23.2. The molecular formula is C25H25NO5S. The lowest BCUT2D eigenvalue weighted by Gasteiger charge is -2.25. The van der Waals surface area contributed by atoms with Crippen molar-refractivity contribution in [1.82, 2.24) is 0 Å². The van der Waals surface area contributed by atoms with Crippen molar-refractivity contribution in [1.29, 1.82) is 0 Å². The van der Waals surface area contributed by atoms with Gasteiger partial charge < -0.3 is 14.8 Å². The fourth-order valence-corrected chi connectivity index (χ4v) is 4.04. The van der Waals surface area contributed by atoms with Crippen LogP contribution < -0.4 is 10.7 Å². The van der Waals surface area contributed by atoms with Crippen molar-refractivity contribution in [2.24, 2.45) is 0 Å². The Labute approximate surface area is 187 Å². The summed E-state index contributed by atoms with van der Waals surface area (Å²) in [4.78, 5) is 12.2. The predicted molar refractivity (Wildman–Crippen MR) is 125 cm³/mol. The molecule has 166 valence electrons. The third-order valence-electron chi connectivity index (χ3n) is 5.47. The molecule has 32 heavy (non-hydrogen) atoms. The Kier molecular flexibility index (Phi) is 6.75. The summed E-state index contributed by atoms with van der Waals surface area (Å²) in [6, 6.07) is 18.0. The second-order valence-electron chi connectivity index (χ2n) is 7.65. The number of hydrogen-bond donors (Lipinski definition) is 2. The molecule has 2 N–H and O–H groups in total. The Bertz CT molecular complexity index is 1320. The predicted octanol–water partition coefficient (Wildman–Crippen LogP) is 4.03. The molecule has 0 saturated carbocycles. The summed E-state index contributed by atoms with van der Waals surface area (Å²) in [7, 11) is -3.56. The number of nitrogens with one attached hydrogen (secondary N) is 1. The smallest absolute Gasteiger partial charge is 0.227 e. The first-order valence-corrected chi connectivity index (χ1v) is 12.0. The minimum atomic E-state index is -3.56. The van der Waals surface area contributed by atoms with E-state index in [0.717, 1.165) is 29.1 Å². The molecule has 0 radical (unpaired) electrons. The number of benzene rings is 2. The van der Waals surface area contributed by atoms with Gasteiger partial charge in [-0.25, -0.2) is 8.42 Å². The molecule has 0 fully saturated rings. The molecule has 0 bridgehead atoms. The van der Waals surface area contributed by atoms with E-state index in [-0.39, 0.29) is 24.5 Å². The zero-order chi connectivity index (χ0) is 23.4. The molecule has 2 aromatic carbocycles. The fourth-order valence-electron chi connectivity index (χ4n) is 3.05. The Morgan fingerprint density at radius 3 is 2.19 bits per heavy atom. The molecule has 1 heterocycles. The van der Waals surface area contributed by atoms with Crippen molar-refractivity contribution in [3.05, 3.63) is 93.5 Å². The topological polar surface area (TPSA) is 96.6 Å². The molecule has 0 amide bonds. The molecule has 1 atom stereocenters. The number of anilines is 1. The summed E-state index contributed by atoms with van der Waals surface area (Å²) in [5.41, 5.74) is 1.80. The maximum absolute atomic E-state index is 12.3. The summed E-state index contributed by atoms with van der Waals surface area (Å²) in [5, 5.41) is 13.2. The van der Waals surface area contributed by atoms with Gasteiger partial charge in [0.25, 0.3) is 0 Å². The normalized spacial score (nSPS) is 13.0. The molecule has 1 unspecified atom stereocenters. The first-order valence-electron chi connectivity index (χ1n) is 10.1. The van der Waals surface area contributed by atoms with Crippen LogP contribution in [0.3, 0.4) is 0 Å². The van der Waals surface area contributed by atoms with Crippen LogP contribution in [0.15, 0.2) is 69.9 Å². The van der Waals surface area contributed by atoms with E-state index in [0.29, 0.717) is 0 Å². The van der Waals surface area contributed by atoms with Crippen molar-refractivity contribution < 1.29 is 17.9 Å². The van der Waals surface area contributed by atoms with Crippen LogP contribution in [-0.2, 0) is 21.1 Å². The summed E-state index contributed by atoms with van der Waals surface area (Å²) in [5.74, 6) is 5.62. The monoisotopic (exact) mass is 451 g/mol. The second-order valence-corrected chi connectivity index (χ2v) is 10.1. The average Bonchev–Trinajstić information content (AvgIpc) is 2.78. The van der Waals surface area contributed by atoms with E-state index < -0.39 is 25.8 Å². The molecule has 3 rings (SSSR count). The highest BCUT2D eigenvalue weighted by molar-refractivity contribution is 7.91. The Balaban J connectivity index is 1.79. The van der Waals surface area contributed by atoms with Gasteiger partial charge in [-0.3, -0.25) is 4.79 Å². The van der Waals surface area contributed by atoms with Crippen LogP contribution in [0.25, 0.3) is 0 Å². The van der Waals surface area contributed by atoms with Gasteiger partial charge in [0.05, 0.1) is 6.54 Å². The lowest BCUT2D eigenvalue weighted by Crippen LogP contribution is -2.32. The van der Waals surface area contributed by atoms with Crippen LogP contribution in [0, 0.1) is 11.8 Å². The van der Waals surface area contributed by atoms with Crippen molar-refractivity contribution in [3.8, 4) is 17.6 Å². The van der Waals surface area contributed by atoms with Crippen LogP contribution >= 0.6 is 0 Å². The third-order valence-corrected chi connectivity index (χ3v) is 7.60. The summed E-state index contributed by atoms with van der Waals surface area (Å²) < 4.78 is 28.9. The van der Waals surface area contributed by atoms with Gasteiger partial charge in [-0.1, -0.05) is 37.0 Å². The molecule has 7 heteroatoms. The standard InChI is InChI=1S/C25H25NO5S/c1-4-25(2,32(3,29)30)23-16-21(27)24(28)22(31-23)17-26-20-14-12-19(13-15-20)11-10-18-8-6-5-7-9-18/h5-9,12-16,26,28H,4,17H2,1-3H3. The van der Waals surface area contributed by atoms with E-state index >= 15 is 0 Å². The van der Waals surface area contributed by atoms with Gasteiger partial charge in [0.15, 0.2) is 15.6 Å². The van der Waals surface area contributed by atoms with E-state index in [9.17, 15) is 18.3 Å². The number of rotatable bonds is 6. The molecule has 0 saturated heterocycles. The largest absolute Gasteiger partial charge is 0.502 e.